The lowest BCUT2D eigenvalue weighted by molar-refractivity contribution is 0.483. The third-order valence-corrected chi connectivity index (χ3v) is 10.1. The van der Waals surface area contributed by atoms with Gasteiger partial charge in [0.15, 0.2) is 0 Å². The molecule has 0 radical (unpaired) electrons. The molecular weight excluding hydrogens is 545 g/mol. The van der Waals surface area contributed by atoms with E-state index in [0.717, 1.165) is 11.5 Å². The Morgan fingerprint density at radius 3 is 1.89 bits per heavy atom. The zero-order valence-corrected chi connectivity index (χ0v) is 28.1. The Labute approximate surface area is 268 Å². The van der Waals surface area contributed by atoms with Crippen molar-refractivity contribution in [3.05, 3.63) is 108 Å². The fourth-order valence-corrected chi connectivity index (χ4v) is 7.43. The van der Waals surface area contributed by atoms with Gasteiger partial charge in [-0.05, 0) is 96.8 Å². The molecule has 8 rings (SSSR count). The van der Waals surface area contributed by atoms with E-state index < -0.39 is 0 Å². The SMILES string of the molecule is CC(C)(C)c1cc2c3c(c1)-n1c4ccc(C(C)(C)C)cc4c4cc(C(C)(C)C)cc(c41)B3c1cc(-c3ccccc3)ccc1O2. The summed E-state index contributed by atoms with van der Waals surface area (Å²) >= 11 is 0. The summed E-state index contributed by atoms with van der Waals surface area (Å²) in [7, 11) is 0. The van der Waals surface area contributed by atoms with Crippen molar-refractivity contribution in [2.24, 2.45) is 0 Å². The lowest BCUT2D eigenvalue weighted by atomic mass is 9.34. The highest BCUT2D eigenvalue weighted by molar-refractivity contribution is 6.99. The Balaban J connectivity index is 1.54. The highest BCUT2D eigenvalue weighted by Gasteiger charge is 2.42. The molecule has 0 amide bonds. The van der Waals surface area contributed by atoms with E-state index in [-0.39, 0.29) is 23.0 Å². The summed E-state index contributed by atoms with van der Waals surface area (Å²) in [5, 5.41) is 2.68. The normalized spacial score (nSPS) is 14.0. The smallest absolute Gasteiger partial charge is 0.256 e. The summed E-state index contributed by atoms with van der Waals surface area (Å²) < 4.78 is 9.45. The van der Waals surface area contributed by atoms with Gasteiger partial charge in [0.05, 0.1) is 5.52 Å². The van der Waals surface area contributed by atoms with E-state index in [1.165, 1.54) is 71.7 Å². The minimum Gasteiger partial charge on any atom is -0.458 e. The van der Waals surface area contributed by atoms with Crippen molar-refractivity contribution in [3.63, 3.8) is 0 Å². The molecule has 0 N–H and O–H groups in total. The highest BCUT2D eigenvalue weighted by Crippen LogP contribution is 2.42. The van der Waals surface area contributed by atoms with E-state index in [4.69, 9.17) is 4.74 Å². The Morgan fingerprint density at radius 2 is 1.20 bits per heavy atom. The van der Waals surface area contributed by atoms with Crippen LogP contribution in [0.3, 0.4) is 0 Å². The largest absolute Gasteiger partial charge is 0.458 e. The van der Waals surface area contributed by atoms with Crippen molar-refractivity contribution >= 4 is 44.9 Å². The molecule has 0 saturated carbocycles. The molecule has 5 aromatic carbocycles. The Morgan fingerprint density at radius 1 is 0.533 bits per heavy atom. The van der Waals surface area contributed by atoms with Gasteiger partial charge in [-0.2, -0.15) is 0 Å². The maximum Gasteiger partial charge on any atom is 0.256 e. The first-order valence-corrected chi connectivity index (χ1v) is 16.4. The van der Waals surface area contributed by atoms with Crippen LogP contribution < -0.4 is 21.1 Å². The minimum absolute atomic E-state index is 0.000165. The number of fused-ring (bicyclic) bond motifs is 7. The monoisotopic (exact) mass is 587 g/mol. The van der Waals surface area contributed by atoms with E-state index in [1.54, 1.807) is 0 Å². The molecule has 3 heterocycles. The first-order valence-electron chi connectivity index (χ1n) is 16.4. The predicted octanol–water partition coefficient (Wildman–Crippen LogP) is 9.28. The quantitative estimate of drug-likeness (QED) is 0.175. The van der Waals surface area contributed by atoms with Gasteiger partial charge >= 0.3 is 0 Å². The Kier molecular flexibility index (Phi) is 5.75. The standard InChI is InChI=1S/C42H42BNO/c1-40(2,3)27-16-17-34-30(20-27)31-21-28(41(4,5)6)22-33-39(31)44(34)35-23-29(42(7,8)9)24-37-38(35)43(33)32-19-26(15-18-36(32)45-37)25-13-11-10-12-14-25/h10-24H,1-9H3. The number of aromatic nitrogens is 1. The fourth-order valence-electron chi connectivity index (χ4n) is 7.43. The summed E-state index contributed by atoms with van der Waals surface area (Å²) in [5.41, 5.74) is 14.2. The van der Waals surface area contributed by atoms with Crippen LogP contribution in [-0.4, -0.2) is 11.3 Å². The maximum atomic E-state index is 6.90. The molecule has 0 bridgehead atoms. The lowest BCUT2D eigenvalue weighted by Gasteiger charge is -2.36. The average molecular weight is 588 g/mol. The molecule has 2 nitrogen and oxygen atoms in total. The second kappa shape index (κ2) is 9.16. The van der Waals surface area contributed by atoms with Crippen LogP contribution in [0, 0.1) is 0 Å². The third-order valence-electron chi connectivity index (χ3n) is 10.1. The fraction of sp³-hybridized carbons (Fsp3) is 0.286. The van der Waals surface area contributed by atoms with Crippen LogP contribution in [-0.2, 0) is 16.2 Å². The minimum atomic E-state index is -0.0281. The molecule has 0 atom stereocenters. The van der Waals surface area contributed by atoms with Gasteiger partial charge < -0.3 is 9.30 Å². The molecule has 2 aliphatic rings. The molecular formula is C42H42BNO. The van der Waals surface area contributed by atoms with Gasteiger partial charge in [0, 0.05) is 22.0 Å². The van der Waals surface area contributed by atoms with E-state index in [2.05, 4.69) is 158 Å². The van der Waals surface area contributed by atoms with Crippen molar-refractivity contribution in [2.75, 3.05) is 0 Å². The van der Waals surface area contributed by atoms with Gasteiger partial charge in [-0.15, -0.1) is 0 Å². The predicted molar refractivity (Wildman–Crippen MR) is 193 cm³/mol. The number of benzene rings is 5. The van der Waals surface area contributed by atoms with Crippen LogP contribution >= 0.6 is 0 Å². The van der Waals surface area contributed by atoms with E-state index in [9.17, 15) is 0 Å². The Bertz CT molecular complexity index is 2180. The summed E-state index contributed by atoms with van der Waals surface area (Å²) in [5.74, 6) is 1.94. The number of hydrogen-bond donors (Lipinski definition) is 0. The van der Waals surface area contributed by atoms with Crippen molar-refractivity contribution < 1.29 is 4.74 Å². The lowest BCUT2D eigenvalue weighted by Crippen LogP contribution is -2.58. The average Bonchev–Trinajstić information content (AvgIpc) is 3.32. The van der Waals surface area contributed by atoms with Crippen molar-refractivity contribution in [1.82, 2.24) is 4.57 Å². The molecule has 3 heteroatoms. The van der Waals surface area contributed by atoms with E-state index >= 15 is 0 Å². The number of nitrogens with zero attached hydrogens (tertiary/aromatic N) is 1. The van der Waals surface area contributed by atoms with Crippen LogP contribution in [0.2, 0.25) is 0 Å². The molecule has 1 aromatic heterocycles. The van der Waals surface area contributed by atoms with E-state index in [1.807, 2.05) is 0 Å². The van der Waals surface area contributed by atoms with Crippen LogP contribution in [0.15, 0.2) is 91.0 Å². The van der Waals surface area contributed by atoms with Crippen molar-refractivity contribution in [1.29, 1.82) is 0 Å². The molecule has 224 valence electrons. The molecule has 0 spiro atoms. The molecule has 6 aromatic rings. The highest BCUT2D eigenvalue weighted by atomic mass is 16.5. The second-order valence-electron chi connectivity index (χ2n) is 16.3. The molecule has 0 unspecified atom stereocenters. The van der Waals surface area contributed by atoms with Crippen LogP contribution in [0.25, 0.3) is 38.6 Å². The van der Waals surface area contributed by atoms with Crippen LogP contribution in [0.5, 0.6) is 11.5 Å². The first kappa shape index (κ1) is 28.3. The third kappa shape index (κ3) is 4.23. The van der Waals surface area contributed by atoms with Crippen molar-refractivity contribution in [2.45, 2.75) is 78.6 Å². The number of hydrogen-bond acceptors (Lipinski definition) is 1. The summed E-state index contributed by atoms with van der Waals surface area (Å²) in [4.78, 5) is 0. The molecule has 2 aliphatic heterocycles. The first-order chi connectivity index (χ1) is 21.2. The number of rotatable bonds is 1. The van der Waals surface area contributed by atoms with Gasteiger partial charge in [0.2, 0.25) is 0 Å². The van der Waals surface area contributed by atoms with E-state index in [0.29, 0.717) is 0 Å². The molecule has 0 saturated heterocycles. The van der Waals surface area contributed by atoms with Gasteiger partial charge in [-0.25, -0.2) is 0 Å². The Hall–Kier alpha value is -4.24. The number of ether oxygens (including phenoxy) is 1. The molecule has 0 aliphatic carbocycles. The maximum absolute atomic E-state index is 6.90. The zero-order valence-electron chi connectivity index (χ0n) is 28.1. The van der Waals surface area contributed by atoms with Crippen molar-refractivity contribution in [3.8, 4) is 28.3 Å². The zero-order chi connectivity index (χ0) is 31.6. The summed E-state index contributed by atoms with van der Waals surface area (Å²) in [6.45, 7) is 20.9. The van der Waals surface area contributed by atoms with Gasteiger partial charge in [-0.3, -0.25) is 0 Å². The second-order valence-corrected chi connectivity index (χ2v) is 16.3. The van der Waals surface area contributed by atoms with Crippen LogP contribution in [0.4, 0.5) is 0 Å². The summed E-state index contributed by atoms with van der Waals surface area (Å²) in [6, 6.07) is 34.4. The van der Waals surface area contributed by atoms with Gasteiger partial charge in [0.25, 0.3) is 6.71 Å². The summed E-state index contributed by atoms with van der Waals surface area (Å²) in [6.07, 6.45) is 0. The van der Waals surface area contributed by atoms with Gasteiger partial charge in [-0.1, -0.05) is 117 Å². The van der Waals surface area contributed by atoms with Gasteiger partial charge in [0.1, 0.15) is 11.5 Å². The topological polar surface area (TPSA) is 14.2 Å². The molecule has 0 fully saturated rings. The van der Waals surface area contributed by atoms with Crippen LogP contribution in [0.1, 0.15) is 79.0 Å². The molecule has 45 heavy (non-hydrogen) atoms.